The Bertz CT molecular complexity index is 375. The molecule has 0 aromatic heterocycles. The summed E-state index contributed by atoms with van der Waals surface area (Å²) in [7, 11) is 0. The molecule has 2 nitrogen and oxygen atoms in total. The van der Waals surface area contributed by atoms with Crippen molar-refractivity contribution in [3.8, 4) is 0 Å². The second kappa shape index (κ2) is 8.27. The second-order valence-electron chi connectivity index (χ2n) is 9.37. The summed E-state index contributed by atoms with van der Waals surface area (Å²) in [4.78, 5) is 5.23. The largest absolute Gasteiger partial charge is 0.360 e. The summed E-state index contributed by atoms with van der Waals surface area (Å²) in [6.07, 6.45) is 7.30. The average molecular weight is 341 g/mol. The SMILES string of the molecule is CCC1CC(C(C)(C)C)CC(CC)C1N=C(NC(C)(C)C)SC. The van der Waals surface area contributed by atoms with Gasteiger partial charge in [0.25, 0.3) is 0 Å². The van der Waals surface area contributed by atoms with Crippen LogP contribution in [-0.4, -0.2) is 23.0 Å². The zero-order chi connectivity index (χ0) is 17.8. The van der Waals surface area contributed by atoms with Gasteiger partial charge in [0.15, 0.2) is 5.17 Å². The van der Waals surface area contributed by atoms with E-state index in [0.29, 0.717) is 11.5 Å². The molecule has 0 amide bonds. The topological polar surface area (TPSA) is 24.4 Å². The van der Waals surface area contributed by atoms with Crippen molar-refractivity contribution in [2.24, 2.45) is 28.2 Å². The first kappa shape index (κ1) is 20.9. The molecule has 1 saturated carbocycles. The van der Waals surface area contributed by atoms with Crippen LogP contribution in [-0.2, 0) is 0 Å². The lowest BCUT2D eigenvalue weighted by atomic mass is 9.63. The molecular weight excluding hydrogens is 300 g/mol. The molecule has 0 aromatic carbocycles. The fourth-order valence-corrected chi connectivity index (χ4v) is 4.45. The number of nitrogens with zero attached hydrogens (tertiary/aromatic N) is 1. The number of hydrogen-bond acceptors (Lipinski definition) is 2. The van der Waals surface area contributed by atoms with Crippen LogP contribution in [0.25, 0.3) is 0 Å². The minimum Gasteiger partial charge on any atom is -0.360 e. The van der Waals surface area contributed by atoms with Crippen molar-refractivity contribution in [1.29, 1.82) is 0 Å². The number of amidine groups is 1. The van der Waals surface area contributed by atoms with Crippen LogP contribution in [0.3, 0.4) is 0 Å². The van der Waals surface area contributed by atoms with Crippen LogP contribution >= 0.6 is 11.8 Å². The summed E-state index contributed by atoms with van der Waals surface area (Å²) in [5.74, 6) is 2.28. The predicted octanol–water partition coefficient (Wildman–Crippen LogP) is 5.97. The number of rotatable bonds is 3. The molecular formula is C20H40N2S. The zero-order valence-corrected chi connectivity index (χ0v) is 17.8. The maximum Gasteiger partial charge on any atom is 0.156 e. The summed E-state index contributed by atoms with van der Waals surface area (Å²) in [5.41, 5.74) is 0.495. The monoisotopic (exact) mass is 340 g/mol. The van der Waals surface area contributed by atoms with Crippen LogP contribution in [0.5, 0.6) is 0 Å². The maximum atomic E-state index is 5.23. The van der Waals surface area contributed by atoms with Gasteiger partial charge in [-0.3, -0.25) is 4.99 Å². The van der Waals surface area contributed by atoms with Gasteiger partial charge in [-0.05, 0) is 63.0 Å². The molecule has 1 fully saturated rings. The Morgan fingerprint density at radius 2 is 1.48 bits per heavy atom. The molecule has 0 heterocycles. The second-order valence-corrected chi connectivity index (χ2v) is 10.2. The molecule has 1 N–H and O–H groups in total. The fourth-order valence-electron chi connectivity index (χ4n) is 3.82. The van der Waals surface area contributed by atoms with Crippen LogP contribution in [0, 0.1) is 23.2 Å². The van der Waals surface area contributed by atoms with Crippen molar-refractivity contribution in [1.82, 2.24) is 5.32 Å². The van der Waals surface area contributed by atoms with Crippen LogP contribution in [0.2, 0.25) is 0 Å². The lowest BCUT2D eigenvalue weighted by Gasteiger charge is -2.45. The summed E-state index contributed by atoms with van der Waals surface area (Å²) in [6, 6.07) is 0.487. The highest BCUT2D eigenvalue weighted by atomic mass is 32.2. The van der Waals surface area contributed by atoms with Crippen molar-refractivity contribution >= 4 is 16.9 Å². The Labute approximate surface area is 149 Å². The summed E-state index contributed by atoms with van der Waals surface area (Å²) >= 11 is 1.76. The molecule has 1 aliphatic carbocycles. The molecule has 136 valence electrons. The van der Waals surface area contributed by atoms with E-state index in [2.05, 4.69) is 67.0 Å². The van der Waals surface area contributed by atoms with Gasteiger partial charge in [0.1, 0.15) is 0 Å². The minimum absolute atomic E-state index is 0.0773. The predicted molar refractivity (Wildman–Crippen MR) is 107 cm³/mol. The van der Waals surface area contributed by atoms with Crippen molar-refractivity contribution in [2.75, 3.05) is 6.26 Å². The summed E-state index contributed by atoms with van der Waals surface area (Å²) in [6.45, 7) is 18.6. The Kier molecular flexibility index (Phi) is 7.50. The lowest BCUT2D eigenvalue weighted by molar-refractivity contribution is 0.0802. The van der Waals surface area contributed by atoms with E-state index in [1.807, 2.05) is 0 Å². The first-order valence-corrected chi connectivity index (χ1v) is 10.6. The third-order valence-electron chi connectivity index (χ3n) is 5.36. The Morgan fingerprint density at radius 1 is 1.00 bits per heavy atom. The highest BCUT2D eigenvalue weighted by Crippen LogP contribution is 2.46. The number of thioether (sulfide) groups is 1. The standard InChI is InChI=1S/C20H40N2S/c1-10-14-12-16(19(3,4)5)13-15(11-2)17(14)21-18(23-9)22-20(6,7)8/h14-17H,10-13H2,1-9H3,(H,21,22). The van der Waals surface area contributed by atoms with E-state index in [-0.39, 0.29) is 5.54 Å². The van der Waals surface area contributed by atoms with Gasteiger partial charge in [-0.25, -0.2) is 0 Å². The average Bonchev–Trinajstić information content (AvgIpc) is 2.43. The molecule has 1 rings (SSSR count). The summed E-state index contributed by atoms with van der Waals surface area (Å²) < 4.78 is 0. The first-order valence-electron chi connectivity index (χ1n) is 9.41. The third kappa shape index (κ3) is 6.32. The van der Waals surface area contributed by atoms with Gasteiger partial charge in [-0.1, -0.05) is 59.2 Å². The van der Waals surface area contributed by atoms with Gasteiger partial charge >= 0.3 is 0 Å². The molecule has 0 saturated heterocycles. The van der Waals surface area contributed by atoms with Crippen LogP contribution in [0.1, 0.15) is 81.1 Å². The molecule has 0 aliphatic heterocycles. The number of hydrogen-bond donors (Lipinski definition) is 1. The highest BCUT2D eigenvalue weighted by Gasteiger charge is 2.40. The number of nitrogens with one attached hydrogen (secondary N) is 1. The molecule has 23 heavy (non-hydrogen) atoms. The van der Waals surface area contributed by atoms with E-state index in [1.165, 1.54) is 25.7 Å². The lowest BCUT2D eigenvalue weighted by Crippen LogP contribution is -2.43. The Morgan fingerprint density at radius 3 is 1.78 bits per heavy atom. The van der Waals surface area contributed by atoms with Crippen LogP contribution in [0.4, 0.5) is 0 Å². The van der Waals surface area contributed by atoms with Crippen molar-refractivity contribution in [3.63, 3.8) is 0 Å². The van der Waals surface area contributed by atoms with Gasteiger partial charge in [0, 0.05) is 5.54 Å². The van der Waals surface area contributed by atoms with Crippen LogP contribution in [0.15, 0.2) is 4.99 Å². The van der Waals surface area contributed by atoms with Crippen LogP contribution < -0.4 is 5.32 Å². The highest BCUT2D eigenvalue weighted by molar-refractivity contribution is 8.13. The molecule has 0 radical (unpaired) electrons. The number of aliphatic imine (C=N–C) groups is 1. The van der Waals surface area contributed by atoms with Gasteiger partial charge < -0.3 is 5.32 Å². The normalized spacial score (nSPS) is 30.4. The first-order chi connectivity index (χ1) is 10.5. The van der Waals surface area contributed by atoms with Gasteiger partial charge in [0.2, 0.25) is 0 Å². The molecule has 1 aliphatic rings. The quantitative estimate of drug-likeness (QED) is 0.505. The van der Waals surface area contributed by atoms with E-state index >= 15 is 0 Å². The molecule has 0 aromatic rings. The van der Waals surface area contributed by atoms with Crippen molar-refractivity contribution in [2.45, 2.75) is 92.7 Å². The van der Waals surface area contributed by atoms with Crippen molar-refractivity contribution in [3.05, 3.63) is 0 Å². The minimum atomic E-state index is 0.0773. The zero-order valence-electron chi connectivity index (χ0n) is 17.0. The van der Waals surface area contributed by atoms with E-state index in [0.717, 1.165) is 22.9 Å². The fraction of sp³-hybridized carbons (Fsp3) is 0.950. The summed E-state index contributed by atoms with van der Waals surface area (Å²) in [5, 5.41) is 4.72. The Balaban J connectivity index is 3.02. The third-order valence-corrected chi connectivity index (χ3v) is 5.95. The van der Waals surface area contributed by atoms with E-state index in [1.54, 1.807) is 11.8 Å². The van der Waals surface area contributed by atoms with Gasteiger partial charge in [-0.2, -0.15) is 0 Å². The maximum absolute atomic E-state index is 5.23. The van der Waals surface area contributed by atoms with Gasteiger partial charge in [-0.15, -0.1) is 0 Å². The molecule has 0 bridgehead atoms. The van der Waals surface area contributed by atoms with E-state index in [4.69, 9.17) is 4.99 Å². The molecule has 2 atom stereocenters. The van der Waals surface area contributed by atoms with E-state index in [9.17, 15) is 0 Å². The molecule has 0 spiro atoms. The van der Waals surface area contributed by atoms with E-state index < -0.39 is 0 Å². The smallest absolute Gasteiger partial charge is 0.156 e. The molecule has 2 unspecified atom stereocenters. The molecule has 3 heteroatoms. The Hall–Kier alpha value is -0.180. The van der Waals surface area contributed by atoms with Crippen molar-refractivity contribution < 1.29 is 0 Å². The van der Waals surface area contributed by atoms with Gasteiger partial charge in [0.05, 0.1) is 6.04 Å².